The van der Waals surface area contributed by atoms with Crippen LogP contribution in [-0.2, 0) is 6.11 Å². The molecule has 26 heavy (non-hydrogen) atoms. The van der Waals surface area contributed by atoms with E-state index in [1.807, 2.05) is 0 Å². The summed E-state index contributed by atoms with van der Waals surface area (Å²) in [5.74, 6) is -1.81. The van der Waals surface area contributed by atoms with Gasteiger partial charge in [-0.3, -0.25) is 0 Å². The first kappa shape index (κ1) is 17.8. The molecule has 6 heteroatoms. The quantitative estimate of drug-likeness (QED) is 0.407. The molecule has 0 aliphatic rings. The molecular weight excluding hydrogens is 348 g/mol. The normalized spacial score (nSPS) is 11.4. The van der Waals surface area contributed by atoms with Gasteiger partial charge >= 0.3 is 6.11 Å². The van der Waals surface area contributed by atoms with Crippen LogP contribution in [0, 0.1) is 11.6 Å². The van der Waals surface area contributed by atoms with Crippen molar-refractivity contribution in [1.29, 1.82) is 0 Å². The number of hydrogen-bond acceptors (Lipinski definition) is 2. The molecule has 3 aromatic rings. The molecule has 0 heterocycles. The number of hydrogen-bond donors (Lipinski definition) is 0. The van der Waals surface area contributed by atoms with Gasteiger partial charge in [-0.1, -0.05) is 18.7 Å². The minimum Gasteiger partial charge on any atom is -0.490 e. The van der Waals surface area contributed by atoms with Gasteiger partial charge in [0.05, 0.1) is 5.56 Å². The highest BCUT2D eigenvalue weighted by Gasteiger charge is 2.34. The van der Waals surface area contributed by atoms with Crippen molar-refractivity contribution < 1.29 is 27.0 Å². The van der Waals surface area contributed by atoms with Gasteiger partial charge in [-0.25, -0.2) is 8.78 Å². The number of halogens is 4. The second-order valence-electron chi connectivity index (χ2n) is 5.52. The predicted octanol–water partition coefficient (Wildman–Crippen LogP) is 5.81. The minimum atomic E-state index is -3.61. The molecule has 0 fully saturated rings. The molecule has 0 saturated carbocycles. The summed E-state index contributed by atoms with van der Waals surface area (Å²) < 4.78 is 65.3. The van der Waals surface area contributed by atoms with E-state index in [1.165, 1.54) is 42.5 Å². The van der Waals surface area contributed by atoms with Gasteiger partial charge < -0.3 is 9.47 Å². The van der Waals surface area contributed by atoms with Gasteiger partial charge in [0.2, 0.25) is 0 Å². The Kier molecular flexibility index (Phi) is 4.84. The minimum absolute atomic E-state index is 0.166. The van der Waals surface area contributed by atoms with Gasteiger partial charge in [0.15, 0.2) is 11.6 Å². The zero-order chi connectivity index (χ0) is 18.7. The molecule has 0 aliphatic carbocycles. The molecule has 0 bridgehead atoms. The smallest absolute Gasteiger partial charge is 0.426 e. The zero-order valence-corrected chi connectivity index (χ0v) is 13.5. The molecule has 0 spiro atoms. The summed E-state index contributed by atoms with van der Waals surface area (Å²) in [7, 11) is 0. The highest BCUT2D eigenvalue weighted by atomic mass is 19.3. The Bertz CT molecular complexity index is 936. The van der Waals surface area contributed by atoms with E-state index in [4.69, 9.17) is 9.47 Å². The van der Waals surface area contributed by atoms with E-state index in [0.29, 0.717) is 11.1 Å². The fourth-order valence-corrected chi connectivity index (χ4v) is 2.39. The molecule has 2 nitrogen and oxygen atoms in total. The highest BCUT2D eigenvalue weighted by Crippen LogP contribution is 2.34. The summed E-state index contributed by atoms with van der Waals surface area (Å²) >= 11 is 0. The molecular formula is C20H14F4O2. The summed E-state index contributed by atoms with van der Waals surface area (Å²) in [6.45, 7) is 3.77. The number of fused-ring (bicyclic) bond motifs is 1. The van der Waals surface area contributed by atoms with Crippen LogP contribution in [0.25, 0.3) is 10.8 Å². The monoisotopic (exact) mass is 362 g/mol. The van der Waals surface area contributed by atoms with Crippen molar-refractivity contribution in [1.82, 2.24) is 0 Å². The summed E-state index contributed by atoms with van der Waals surface area (Å²) in [5.41, 5.74) is -0.367. The molecule has 3 aromatic carbocycles. The first-order chi connectivity index (χ1) is 12.4. The first-order valence-electron chi connectivity index (χ1n) is 7.69. The number of rotatable bonds is 6. The van der Waals surface area contributed by atoms with E-state index in [1.54, 1.807) is 6.08 Å². The maximum absolute atomic E-state index is 14.4. The third kappa shape index (κ3) is 3.79. The van der Waals surface area contributed by atoms with Gasteiger partial charge in [0.25, 0.3) is 0 Å². The molecule has 0 amide bonds. The van der Waals surface area contributed by atoms with Gasteiger partial charge in [-0.05, 0) is 59.3 Å². The summed E-state index contributed by atoms with van der Waals surface area (Å²) in [4.78, 5) is 0. The molecule has 0 radical (unpaired) electrons. The molecule has 0 saturated heterocycles. The summed E-state index contributed by atoms with van der Waals surface area (Å²) in [6.07, 6.45) is -2.07. The van der Waals surface area contributed by atoms with E-state index in [0.717, 1.165) is 12.1 Å². The van der Waals surface area contributed by atoms with E-state index in [2.05, 4.69) is 6.58 Å². The van der Waals surface area contributed by atoms with E-state index in [9.17, 15) is 17.6 Å². The molecule has 0 atom stereocenters. The molecule has 3 rings (SSSR count). The van der Waals surface area contributed by atoms with Crippen molar-refractivity contribution in [2.45, 2.75) is 6.11 Å². The van der Waals surface area contributed by atoms with Crippen LogP contribution in [-0.4, -0.2) is 6.61 Å². The van der Waals surface area contributed by atoms with Crippen LogP contribution < -0.4 is 9.47 Å². The first-order valence-corrected chi connectivity index (χ1v) is 7.69. The van der Waals surface area contributed by atoms with Crippen LogP contribution >= 0.6 is 0 Å². The van der Waals surface area contributed by atoms with Crippen molar-refractivity contribution in [2.24, 2.45) is 0 Å². The van der Waals surface area contributed by atoms with E-state index < -0.39 is 17.7 Å². The Morgan fingerprint density at radius 3 is 2.12 bits per heavy atom. The van der Waals surface area contributed by atoms with Crippen LogP contribution in [0.5, 0.6) is 11.5 Å². The average Bonchev–Trinajstić information content (AvgIpc) is 2.61. The largest absolute Gasteiger partial charge is 0.490 e. The Hall–Kier alpha value is -3.02. The maximum atomic E-state index is 14.4. The molecule has 134 valence electrons. The SMILES string of the molecule is C=CCOc1ccc(C(F)(F)Oc2ccc3cc(F)c(F)cc3c2)cc1. The van der Waals surface area contributed by atoms with Crippen LogP contribution in [0.3, 0.4) is 0 Å². The lowest BCUT2D eigenvalue weighted by Crippen LogP contribution is -2.21. The third-order valence-electron chi connectivity index (χ3n) is 3.66. The second-order valence-corrected chi connectivity index (χ2v) is 5.52. The fourth-order valence-electron chi connectivity index (χ4n) is 2.39. The second kappa shape index (κ2) is 7.07. The maximum Gasteiger partial charge on any atom is 0.426 e. The van der Waals surface area contributed by atoms with Crippen molar-refractivity contribution in [3.05, 3.63) is 84.5 Å². The Morgan fingerprint density at radius 2 is 1.46 bits per heavy atom. The standard InChI is InChI=1S/C20H14F4O2/c1-2-9-25-16-7-4-15(5-8-16)20(23,24)26-17-6-3-13-11-18(21)19(22)12-14(13)10-17/h2-8,10-12H,1,9H2. The molecule has 0 aromatic heterocycles. The molecule has 0 unspecified atom stereocenters. The van der Waals surface area contributed by atoms with Gasteiger partial charge in [-0.2, -0.15) is 8.78 Å². The Labute approximate surface area is 147 Å². The lowest BCUT2D eigenvalue weighted by atomic mass is 10.1. The number of alkyl halides is 2. The van der Waals surface area contributed by atoms with Crippen LogP contribution in [0.15, 0.2) is 67.3 Å². The lowest BCUT2D eigenvalue weighted by molar-refractivity contribution is -0.185. The molecule has 0 N–H and O–H groups in total. The van der Waals surface area contributed by atoms with Crippen LogP contribution in [0.2, 0.25) is 0 Å². The molecule has 0 aliphatic heterocycles. The van der Waals surface area contributed by atoms with Crippen LogP contribution in [0.1, 0.15) is 5.56 Å². The Morgan fingerprint density at radius 1 is 0.846 bits per heavy atom. The average molecular weight is 362 g/mol. The topological polar surface area (TPSA) is 18.5 Å². The van der Waals surface area contributed by atoms with E-state index >= 15 is 0 Å². The fraction of sp³-hybridized carbons (Fsp3) is 0.100. The van der Waals surface area contributed by atoms with E-state index in [-0.39, 0.29) is 23.3 Å². The highest BCUT2D eigenvalue weighted by molar-refractivity contribution is 5.84. The summed E-state index contributed by atoms with van der Waals surface area (Å²) in [6, 6.07) is 11.0. The van der Waals surface area contributed by atoms with Crippen molar-refractivity contribution in [2.75, 3.05) is 6.61 Å². The number of benzene rings is 3. The number of ether oxygens (including phenoxy) is 2. The predicted molar refractivity (Wildman–Crippen MR) is 90.5 cm³/mol. The Balaban J connectivity index is 1.83. The lowest BCUT2D eigenvalue weighted by Gasteiger charge is -2.19. The van der Waals surface area contributed by atoms with Crippen molar-refractivity contribution >= 4 is 10.8 Å². The zero-order valence-electron chi connectivity index (χ0n) is 13.5. The third-order valence-corrected chi connectivity index (χ3v) is 3.66. The summed E-state index contributed by atoms with van der Waals surface area (Å²) in [5, 5.41) is 0.633. The van der Waals surface area contributed by atoms with Gasteiger partial charge in [-0.15, -0.1) is 0 Å². The van der Waals surface area contributed by atoms with Gasteiger partial charge in [0, 0.05) is 0 Å². The van der Waals surface area contributed by atoms with Crippen molar-refractivity contribution in [3.63, 3.8) is 0 Å². The van der Waals surface area contributed by atoms with Gasteiger partial charge in [0.1, 0.15) is 18.1 Å². The van der Waals surface area contributed by atoms with Crippen LogP contribution in [0.4, 0.5) is 17.6 Å². The van der Waals surface area contributed by atoms with Crippen molar-refractivity contribution in [3.8, 4) is 11.5 Å².